The van der Waals surface area contributed by atoms with Gasteiger partial charge < -0.3 is 4.90 Å². The number of benzene rings is 1. The molecule has 0 aliphatic rings. The lowest BCUT2D eigenvalue weighted by Crippen LogP contribution is -2.10. The number of nitriles is 1. The third-order valence-electron chi connectivity index (χ3n) is 2.33. The molecule has 0 saturated carbocycles. The summed E-state index contributed by atoms with van der Waals surface area (Å²) >= 11 is 0. The Bertz CT molecular complexity index is 502. The van der Waals surface area contributed by atoms with E-state index in [-0.39, 0.29) is 5.70 Å². The van der Waals surface area contributed by atoms with Crippen molar-refractivity contribution in [3.8, 4) is 6.07 Å². The average molecular weight is 239 g/mol. The molecule has 1 aromatic carbocycles. The zero-order valence-electron chi connectivity index (χ0n) is 10.8. The molecule has 0 saturated heterocycles. The molecule has 92 valence electrons. The molecule has 0 unspecified atom stereocenters. The van der Waals surface area contributed by atoms with Gasteiger partial charge in [-0.2, -0.15) is 5.26 Å². The van der Waals surface area contributed by atoms with E-state index in [1.54, 1.807) is 6.21 Å². The lowest BCUT2D eigenvalue weighted by atomic mass is 10.1. The SMILES string of the molecule is C=C(C#N)/N=C/C(=C)c1ccc(CN(C)C)cc1. The number of allylic oxidation sites excluding steroid dienone is 2. The van der Waals surface area contributed by atoms with Gasteiger partial charge in [-0.25, -0.2) is 4.99 Å². The summed E-state index contributed by atoms with van der Waals surface area (Å²) in [6, 6.07) is 9.99. The van der Waals surface area contributed by atoms with Crippen LogP contribution in [0.4, 0.5) is 0 Å². The summed E-state index contributed by atoms with van der Waals surface area (Å²) in [4.78, 5) is 6.01. The lowest BCUT2D eigenvalue weighted by Gasteiger charge is -2.10. The maximum atomic E-state index is 8.54. The molecule has 0 bridgehead atoms. The molecule has 0 aliphatic heterocycles. The van der Waals surface area contributed by atoms with Crippen LogP contribution in [0.15, 0.2) is 48.1 Å². The smallest absolute Gasteiger partial charge is 0.133 e. The molecule has 3 nitrogen and oxygen atoms in total. The van der Waals surface area contributed by atoms with Crippen LogP contribution in [0.25, 0.3) is 5.57 Å². The fourth-order valence-electron chi connectivity index (χ4n) is 1.45. The average Bonchev–Trinajstić information content (AvgIpc) is 2.35. The molecule has 0 fully saturated rings. The summed E-state index contributed by atoms with van der Waals surface area (Å²) in [7, 11) is 4.07. The van der Waals surface area contributed by atoms with Crippen LogP contribution >= 0.6 is 0 Å². The molecule has 0 N–H and O–H groups in total. The van der Waals surface area contributed by atoms with Crippen molar-refractivity contribution in [2.24, 2.45) is 4.99 Å². The summed E-state index contributed by atoms with van der Waals surface area (Å²) in [5.74, 6) is 0. The van der Waals surface area contributed by atoms with Gasteiger partial charge >= 0.3 is 0 Å². The second kappa shape index (κ2) is 6.53. The van der Waals surface area contributed by atoms with Crippen molar-refractivity contribution in [2.45, 2.75) is 6.54 Å². The zero-order chi connectivity index (χ0) is 13.5. The largest absolute Gasteiger partial charge is 0.305 e. The number of nitrogens with zero attached hydrogens (tertiary/aromatic N) is 3. The molecule has 0 aliphatic carbocycles. The molecule has 0 amide bonds. The van der Waals surface area contributed by atoms with E-state index >= 15 is 0 Å². The predicted molar refractivity (Wildman–Crippen MR) is 76.1 cm³/mol. The standard InChI is InChI=1S/C15H17N3/c1-12(10-17-13(2)9-16)15-7-5-14(6-8-15)11-18(3)4/h5-8,10H,1-2,11H2,3-4H3/b17-10+. The van der Waals surface area contributed by atoms with E-state index in [9.17, 15) is 0 Å². The Kier molecular flexibility index (Phi) is 5.04. The van der Waals surface area contributed by atoms with Gasteiger partial charge in [-0.05, 0) is 30.8 Å². The first kappa shape index (κ1) is 13.9. The monoisotopic (exact) mass is 239 g/mol. The summed E-state index contributed by atoms with van der Waals surface area (Å²) in [6.07, 6.45) is 1.56. The van der Waals surface area contributed by atoms with E-state index in [4.69, 9.17) is 5.26 Å². The van der Waals surface area contributed by atoms with Crippen LogP contribution in [0.1, 0.15) is 11.1 Å². The van der Waals surface area contributed by atoms with E-state index in [0.29, 0.717) is 0 Å². The molecular weight excluding hydrogens is 222 g/mol. The Labute approximate surface area is 108 Å². The zero-order valence-corrected chi connectivity index (χ0v) is 10.8. The van der Waals surface area contributed by atoms with E-state index in [0.717, 1.165) is 17.7 Å². The fourth-order valence-corrected chi connectivity index (χ4v) is 1.45. The van der Waals surface area contributed by atoms with Gasteiger partial charge in [0.05, 0.1) is 0 Å². The highest BCUT2D eigenvalue weighted by molar-refractivity contribution is 6.09. The first-order chi connectivity index (χ1) is 8.52. The Morgan fingerprint density at radius 3 is 2.44 bits per heavy atom. The van der Waals surface area contributed by atoms with Gasteiger partial charge in [0.2, 0.25) is 0 Å². The molecule has 1 rings (SSSR count). The second-order valence-corrected chi connectivity index (χ2v) is 4.28. The Hall–Kier alpha value is -2.18. The highest BCUT2D eigenvalue weighted by atomic mass is 15.0. The minimum absolute atomic E-state index is 0.181. The molecular formula is C15H17N3. The van der Waals surface area contributed by atoms with Gasteiger partial charge in [0.15, 0.2) is 0 Å². The summed E-state index contributed by atoms with van der Waals surface area (Å²) in [5, 5.41) is 8.54. The maximum absolute atomic E-state index is 8.54. The number of hydrogen-bond donors (Lipinski definition) is 0. The molecule has 0 spiro atoms. The lowest BCUT2D eigenvalue weighted by molar-refractivity contribution is 0.402. The van der Waals surface area contributed by atoms with Crippen LogP contribution in [0, 0.1) is 11.3 Å². The molecule has 3 heteroatoms. The minimum Gasteiger partial charge on any atom is -0.305 e. The Morgan fingerprint density at radius 1 is 1.33 bits per heavy atom. The Morgan fingerprint density at radius 2 is 1.94 bits per heavy atom. The van der Waals surface area contributed by atoms with Crippen molar-refractivity contribution in [2.75, 3.05) is 14.1 Å². The molecule has 1 aromatic rings. The quantitative estimate of drug-likeness (QED) is 0.585. The van der Waals surface area contributed by atoms with Crippen molar-refractivity contribution >= 4 is 11.8 Å². The van der Waals surface area contributed by atoms with Crippen molar-refractivity contribution in [1.29, 1.82) is 5.26 Å². The molecule has 0 heterocycles. The van der Waals surface area contributed by atoms with E-state index in [2.05, 4.69) is 35.2 Å². The van der Waals surface area contributed by atoms with Gasteiger partial charge in [-0.3, -0.25) is 0 Å². The van der Waals surface area contributed by atoms with Crippen LogP contribution < -0.4 is 0 Å². The van der Waals surface area contributed by atoms with Crippen LogP contribution in [-0.2, 0) is 6.54 Å². The third kappa shape index (κ3) is 4.36. The van der Waals surface area contributed by atoms with Crippen molar-refractivity contribution in [1.82, 2.24) is 4.90 Å². The van der Waals surface area contributed by atoms with Gasteiger partial charge in [0, 0.05) is 12.8 Å². The normalized spacial score (nSPS) is 10.6. The van der Waals surface area contributed by atoms with Crippen molar-refractivity contribution in [3.05, 3.63) is 54.2 Å². The number of aliphatic imine (C=N–C) groups is 1. The summed E-state index contributed by atoms with van der Waals surface area (Å²) in [5.41, 5.74) is 3.19. The topological polar surface area (TPSA) is 39.4 Å². The maximum Gasteiger partial charge on any atom is 0.133 e. The van der Waals surface area contributed by atoms with Crippen LogP contribution in [0.5, 0.6) is 0 Å². The molecule has 0 radical (unpaired) electrons. The molecule has 0 atom stereocenters. The second-order valence-electron chi connectivity index (χ2n) is 4.28. The highest BCUT2D eigenvalue weighted by Gasteiger charge is 1.98. The first-order valence-electron chi connectivity index (χ1n) is 5.59. The van der Waals surface area contributed by atoms with Gasteiger partial charge in [-0.15, -0.1) is 0 Å². The summed E-state index contributed by atoms with van der Waals surface area (Å²) < 4.78 is 0. The van der Waals surface area contributed by atoms with Crippen molar-refractivity contribution in [3.63, 3.8) is 0 Å². The van der Waals surface area contributed by atoms with E-state index in [1.165, 1.54) is 5.56 Å². The Balaban J connectivity index is 2.74. The summed E-state index contributed by atoms with van der Waals surface area (Å²) in [6.45, 7) is 8.30. The van der Waals surface area contributed by atoms with Crippen LogP contribution in [-0.4, -0.2) is 25.2 Å². The highest BCUT2D eigenvalue weighted by Crippen LogP contribution is 2.13. The molecule has 18 heavy (non-hydrogen) atoms. The van der Waals surface area contributed by atoms with Gasteiger partial charge in [0.25, 0.3) is 0 Å². The molecule has 0 aromatic heterocycles. The van der Waals surface area contributed by atoms with Crippen LogP contribution in [0.2, 0.25) is 0 Å². The van der Waals surface area contributed by atoms with E-state index in [1.807, 2.05) is 32.3 Å². The van der Waals surface area contributed by atoms with Gasteiger partial charge in [0.1, 0.15) is 11.8 Å². The van der Waals surface area contributed by atoms with E-state index < -0.39 is 0 Å². The first-order valence-corrected chi connectivity index (χ1v) is 5.59. The van der Waals surface area contributed by atoms with Gasteiger partial charge in [-0.1, -0.05) is 37.4 Å². The third-order valence-corrected chi connectivity index (χ3v) is 2.33. The van der Waals surface area contributed by atoms with Crippen molar-refractivity contribution < 1.29 is 0 Å². The number of hydrogen-bond acceptors (Lipinski definition) is 3. The number of rotatable bonds is 5. The minimum atomic E-state index is 0.181. The fraction of sp³-hybridized carbons (Fsp3) is 0.200. The predicted octanol–water partition coefficient (Wildman–Crippen LogP) is 2.87. The van der Waals surface area contributed by atoms with Crippen LogP contribution in [0.3, 0.4) is 0 Å².